The zero-order chi connectivity index (χ0) is 15.4. The van der Waals surface area contributed by atoms with E-state index >= 15 is 0 Å². The first-order chi connectivity index (χ1) is 10.7. The van der Waals surface area contributed by atoms with Crippen molar-refractivity contribution in [2.75, 3.05) is 14.1 Å². The molecule has 0 unspecified atom stereocenters. The van der Waals surface area contributed by atoms with Crippen LogP contribution in [-0.2, 0) is 0 Å². The highest BCUT2D eigenvalue weighted by Crippen LogP contribution is 2.26. The lowest BCUT2D eigenvalue weighted by molar-refractivity contribution is 0.642. The third kappa shape index (κ3) is 3.06. The van der Waals surface area contributed by atoms with Gasteiger partial charge in [0, 0.05) is 25.7 Å². The van der Waals surface area contributed by atoms with E-state index < -0.39 is 0 Å². The van der Waals surface area contributed by atoms with E-state index in [1.165, 1.54) is 0 Å². The molecule has 0 radical (unpaired) electrons. The smallest absolute Gasteiger partial charge is 0.157 e. The molecule has 0 spiro atoms. The van der Waals surface area contributed by atoms with Crippen LogP contribution in [0.2, 0.25) is 0 Å². The topological polar surface area (TPSA) is 33.4 Å². The van der Waals surface area contributed by atoms with Crippen LogP contribution in [0.15, 0.2) is 71.7 Å². The average Bonchev–Trinajstić information content (AvgIpc) is 2.99. The van der Waals surface area contributed by atoms with Gasteiger partial charge in [0.2, 0.25) is 0 Å². The molecule has 0 amide bonds. The van der Waals surface area contributed by atoms with E-state index in [2.05, 4.69) is 17.1 Å². The molecule has 1 aromatic heterocycles. The number of nitrogens with zero attached hydrogens (tertiary/aromatic N) is 4. The molecular formula is C18H18N4. The summed E-state index contributed by atoms with van der Waals surface area (Å²) in [5.74, 6) is 0.804. The molecule has 110 valence electrons. The Kier molecular flexibility index (Phi) is 4.01. The van der Waals surface area contributed by atoms with Gasteiger partial charge in [-0.1, -0.05) is 48.5 Å². The largest absolute Gasteiger partial charge is 0.369 e. The van der Waals surface area contributed by atoms with E-state index in [-0.39, 0.29) is 0 Å². The standard InChI is InChI=1S/C18H18N4/c1-21(2)14-19-18-13-17(15-9-5-3-6-10-15)20-22(18)16-11-7-4-8-12-16/h3-14H,1-2H3/b19-14+. The van der Waals surface area contributed by atoms with Gasteiger partial charge in [-0.2, -0.15) is 5.10 Å². The summed E-state index contributed by atoms with van der Waals surface area (Å²) >= 11 is 0. The Morgan fingerprint density at radius 1 is 0.955 bits per heavy atom. The highest BCUT2D eigenvalue weighted by molar-refractivity contribution is 5.66. The van der Waals surface area contributed by atoms with Gasteiger partial charge in [0.15, 0.2) is 5.82 Å². The summed E-state index contributed by atoms with van der Waals surface area (Å²) in [4.78, 5) is 6.44. The molecular weight excluding hydrogens is 272 g/mol. The number of rotatable bonds is 4. The molecule has 0 fully saturated rings. The fraction of sp³-hybridized carbons (Fsp3) is 0.111. The number of hydrogen-bond acceptors (Lipinski definition) is 2. The number of para-hydroxylation sites is 1. The Morgan fingerprint density at radius 2 is 1.59 bits per heavy atom. The minimum absolute atomic E-state index is 0.804. The van der Waals surface area contributed by atoms with Gasteiger partial charge in [0.1, 0.15) is 0 Å². The third-order valence-corrected chi connectivity index (χ3v) is 3.18. The van der Waals surface area contributed by atoms with E-state index in [1.54, 1.807) is 6.34 Å². The molecule has 0 aliphatic rings. The maximum atomic E-state index is 4.71. The van der Waals surface area contributed by atoms with Crippen molar-refractivity contribution in [1.29, 1.82) is 0 Å². The highest BCUT2D eigenvalue weighted by Gasteiger charge is 2.10. The van der Waals surface area contributed by atoms with Crippen LogP contribution >= 0.6 is 0 Å². The number of benzene rings is 2. The summed E-state index contributed by atoms with van der Waals surface area (Å²) in [6.07, 6.45) is 1.78. The van der Waals surface area contributed by atoms with Crippen LogP contribution < -0.4 is 0 Å². The SMILES string of the molecule is CN(C)/C=N/c1cc(-c2ccccc2)nn1-c1ccccc1. The van der Waals surface area contributed by atoms with E-state index in [4.69, 9.17) is 5.10 Å². The van der Waals surface area contributed by atoms with Crippen molar-refractivity contribution in [3.63, 3.8) is 0 Å². The lowest BCUT2D eigenvalue weighted by Crippen LogP contribution is -2.07. The zero-order valence-electron chi connectivity index (χ0n) is 12.7. The van der Waals surface area contributed by atoms with E-state index in [0.717, 1.165) is 22.8 Å². The van der Waals surface area contributed by atoms with Crippen LogP contribution in [0.5, 0.6) is 0 Å². The molecule has 4 heteroatoms. The summed E-state index contributed by atoms with van der Waals surface area (Å²) in [6, 6.07) is 22.2. The Bertz CT molecular complexity index is 758. The summed E-state index contributed by atoms with van der Waals surface area (Å²) in [5, 5.41) is 4.71. The maximum absolute atomic E-state index is 4.71. The van der Waals surface area contributed by atoms with Crippen LogP contribution in [0.1, 0.15) is 0 Å². The lowest BCUT2D eigenvalue weighted by Gasteiger charge is -2.05. The van der Waals surface area contributed by atoms with Crippen LogP contribution in [-0.4, -0.2) is 35.1 Å². The molecule has 0 N–H and O–H groups in total. The van der Waals surface area contributed by atoms with Gasteiger partial charge in [0.05, 0.1) is 17.7 Å². The second-order valence-electron chi connectivity index (χ2n) is 5.21. The van der Waals surface area contributed by atoms with Gasteiger partial charge in [-0.05, 0) is 12.1 Å². The summed E-state index contributed by atoms with van der Waals surface area (Å²) < 4.78 is 1.86. The Balaban J connectivity index is 2.09. The monoisotopic (exact) mass is 290 g/mol. The lowest BCUT2D eigenvalue weighted by atomic mass is 10.2. The Morgan fingerprint density at radius 3 is 2.23 bits per heavy atom. The maximum Gasteiger partial charge on any atom is 0.157 e. The summed E-state index contributed by atoms with van der Waals surface area (Å²) in [5.41, 5.74) is 2.99. The van der Waals surface area contributed by atoms with E-state index in [0.29, 0.717) is 0 Å². The predicted octanol–water partition coefficient (Wildman–Crippen LogP) is 3.76. The van der Waals surface area contributed by atoms with Gasteiger partial charge in [0.25, 0.3) is 0 Å². The van der Waals surface area contributed by atoms with Gasteiger partial charge < -0.3 is 4.90 Å². The minimum Gasteiger partial charge on any atom is -0.369 e. The van der Waals surface area contributed by atoms with Crippen molar-refractivity contribution < 1.29 is 0 Å². The first kappa shape index (κ1) is 14.1. The Labute approximate surface area is 130 Å². The molecule has 2 aromatic carbocycles. The summed E-state index contributed by atoms with van der Waals surface area (Å²) in [7, 11) is 3.90. The average molecular weight is 290 g/mol. The summed E-state index contributed by atoms with van der Waals surface area (Å²) in [6.45, 7) is 0. The van der Waals surface area contributed by atoms with Gasteiger partial charge >= 0.3 is 0 Å². The fourth-order valence-electron chi connectivity index (χ4n) is 2.15. The third-order valence-electron chi connectivity index (χ3n) is 3.18. The normalized spacial score (nSPS) is 11.0. The van der Waals surface area contributed by atoms with Crippen molar-refractivity contribution >= 4 is 12.2 Å². The number of hydrogen-bond donors (Lipinski definition) is 0. The quantitative estimate of drug-likeness (QED) is 0.541. The van der Waals surface area contributed by atoms with E-state index in [1.807, 2.05) is 78.3 Å². The minimum atomic E-state index is 0.804. The molecule has 22 heavy (non-hydrogen) atoms. The van der Waals surface area contributed by atoms with Crippen LogP contribution in [0.4, 0.5) is 5.82 Å². The number of aliphatic imine (C=N–C) groups is 1. The first-order valence-electron chi connectivity index (χ1n) is 7.15. The van der Waals surface area contributed by atoms with Crippen LogP contribution in [0.25, 0.3) is 16.9 Å². The molecule has 4 nitrogen and oxygen atoms in total. The molecule has 0 saturated heterocycles. The van der Waals surface area contributed by atoms with Crippen molar-refractivity contribution in [2.24, 2.45) is 4.99 Å². The van der Waals surface area contributed by atoms with Crippen LogP contribution in [0, 0.1) is 0 Å². The number of aromatic nitrogens is 2. The molecule has 0 bridgehead atoms. The molecule has 1 heterocycles. The highest BCUT2D eigenvalue weighted by atomic mass is 15.3. The molecule has 3 rings (SSSR count). The van der Waals surface area contributed by atoms with Crippen LogP contribution in [0.3, 0.4) is 0 Å². The Hall–Kier alpha value is -2.88. The van der Waals surface area contributed by atoms with Crippen molar-refractivity contribution in [1.82, 2.24) is 14.7 Å². The molecule has 0 aliphatic carbocycles. The predicted molar refractivity (Wildman–Crippen MR) is 90.8 cm³/mol. The molecule has 3 aromatic rings. The van der Waals surface area contributed by atoms with Crippen molar-refractivity contribution in [3.8, 4) is 16.9 Å². The van der Waals surface area contributed by atoms with Crippen molar-refractivity contribution in [3.05, 3.63) is 66.7 Å². The second kappa shape index (κ2) is 6.26. The van der Waals surface area contributed by atoms with Gasteiger partial charge in [-0.3, -0.25) is 0 Å². The van der Waals surface area contributed by atoms with Gasteiger partial charge in [-0.15, -0.1) is 0 Å². The molecule has 0 atom stereocenters. The van der Waals surface area contributed by atoms with E-state index in [9.17, 15) is 0 Å². The second-order valence-corrected chi connectivity index (χ2v) is 5.21. The van der Waals surface area contributed by atoms with Gasteiger partial charge in [-0.25, -0.2) is 9.67 Å². The zero-order valence-corrected chi connectivity index (χ0v) is 12.7. The van der Waals surface area contributed by atoms with Crippen molar-refractivity contribution in [2.45, 2.75) is 0 Å². The fourth-order valence-corrected chi connectivity index (χ4v) is 2.15. The molecule has 0 saturated carbocycles. The molecule has 0 aliphatic heterocycles. The first-order valence-corrected chi connectivity index (χ1v) is 7.15.